The molecular weight excluding hydrogens is 296 g/mol. The molecule has 2 aromatic rings. The van der Waals surface area contributed by atoms with Crippen molar-refractivity contribution in [3.63, 3.8) is 0 Å². The number of rotatable bonds is 3. The molecule has 18 heavy (non-hydrogen) atoms. The maximum absolute atomic E-state index is 12.0. The van der Waals surface area contributed by atoms with Gasteiger partial charge in [0.25, 0.3) is 5.91 Å². The average molecular weight is 309 g/mol. The molecule has 0 saturated heterocycles. The summed E-state index contributed by atoms with van der Waals surface area (Å²) in [4.78, 5) is 12.0. The molecule has 0 saturated carbocycles. The van der Waals surface area contributed by atoms with E-state index in [1.807, 2.05) is 25.1 Å². The van der Waals surface area contributed by atoms with Crippen LogP contribution in [0.25, 0.3) is 0 Å². The minimum absolute atomic E-state index is 0.265. The van der Waals surface area contributed by atoms with Crippen LogP contribution in [-0.2, 0) is 6.42 Å². The number of carbonyl (C=O) groups excluding carboxylic acids is 1. The maximum atomic E-state index is 12.0. The molecule has 94 valence electrons. The summed E-state index contributed by atoms with van der Waals surface area (Å²) in [5.41, 5.74) is 7.79. The summed E-state index contributed by atoms with van der Waals surface area (Å²) in [6.45, 7) is 2.03. The molecule has 0 atom stereocenters. The number of aromatic nitrogens is 2. The van der Waals surface area contributed by atoms with Gasteiger partial charge < -0.3 is 11.1 Å². The zero-order valence-electron chi connectivity index (χ0n) is 9.83. The molecule has 4 N–H and O–H groups in total. The average Bonchev–Trinajstić information content (AvgIpc) is 2.77. The van der Waals surface area contributed by atoms with E-state index in [4.69, 9.17) is 5.73 Å². The molecule has 0 bridgehead atoms. The smallest absolute Gasteiger partial charge is 0.261 e. The molecule has 6 heteroatoms. The largest absolute Gasteiger partial charge is 0.383 e. The highest BCUT2D eigenvalue weighted by atomic mass is 79.9. The van der Waals surface area contributed by atoms with Gasteiger partial charge in [-0.05, 0) is 30.2 Å². The van der Waals surface area contributed by atoms with Crippen molar-refractivity contribution in [2.75, 3.05) is 11.1 Å². The number of benzene rings is 1. The normalized spacial score (nSPS) is 10.3. The Balaban J connectivity index is 2.24. The van der Waals surface area contributed by atoms with E-state index in [1.165, 1.54) is 6.20 Å². The number of anilines is 2. The molecule has 1 aromatic heterocycles. The number of nitrogens with two attached hydrogens (primary N) is 1. The van der Waals surface area contributed by atoms with Crippen LogP contribution in [0.15, 0.2) is 28.9 Å². The number of carbonyl (C=O) groups is 1. The van der Waals surface area contributed by atoms with Crippen molar-refractivity contribution in [3.8, 4) is 0 Å². The van der Waals surface area contributed by atoms with E-state index in [1.54, 1.807) is 0 Å². The molecule has 5 nitrogen and oxygen atoms in total. The topological polar surface area (TPSA) is 83.8 Å². The fourth-order valence-electron chi connectivity index (χ4n) is 1.64. The third-order valence-corrected chi connectivity index (χ3v) is 3.10. The number of hydrogen-bond acceptors (Lipinski definition) is 3. The fraction of sp³-hybridized carbons (Fsp3) is 0.167. The summed E-state index contributed by atoms with van der Waals surface area (Å²) in [5, 5.41) is 9.09. The lowest BCUT2D eigenvalue weighted by atomic mass is 10.1. The summed E-state index contributed by atoms with van der Waals surface area (Å²) in [7, 11) is 0. The van der Waals surface area contributed by atoms with Gasteiger partial charge in [-0.3, -0.25) is 9.89 Å². The minimum atomic E-state index is -0.265. The Bertz CT molecular complexity index is 579. The van der Waals surface area contributed by atoms with Crippen molar-refractivity contribution in [3.05, 3.63) is 40.0 Å². The van der Waals surface area contributed by atoms with Crippen LogP contribution in [0.3, 0.4) is 0 Å². The van der Waals surface area contributed by atoms with Crippen molar-refractivity contribution >= 4 is 33.3 Å². The third-order valence-electron chi connectivity index (χ3n) is 2.61. The van der Waals surface area contributed by atoms with Crippen LogP contribution < -0.4 is 11.1 Å². The number of nitrogen functional groups attached to an aromatic ring is 1. The highest BCUT2D eigenvalue weighted by Gasteiger charge is 2.13. The Morgan fingerprint density at radius 1 is 1.56 bits per heavy atom. The van der Waals surface area contributed by atoms with Gasteiger partial charge >= 0.3 is 0 Å². The number of halogens is 1. The minimum Gasteiger partial charge on any atom is -0.383 e. The zero-order chi connectivity index (χ0) is 13.1. The highest BCUT2D eigenvalue weighted by Crippen LogP contribution is 2.22. The lowest BCUT2D eigenvalue weighted by molar-refractivity contribution is 0.102. The number of H-pyrrole nitrogens is 1. The first-order chi connectivity index (χ1) is 8.61. The third kappa shape index (κ3) is 2.53. The van der Waals surface area contributed by atoms with Crippen molar-refractivity contribution in [1.29, 1.82) is 0 Å². The predicted molar refractivity (Wildman–Crippen MR) is 74.5 cm³/mol. The summed E-state index contributed by atoms with van der Waals surface area (Å²) in [6, 6.07) is 5.72. The van der Waals surface area contributed by atoms with E-state index in [-0.39, 0.29) is 11.7 Å². The summed E-state index contributed by atoms with van der Waals surface area (Å²) < 4.78 is 0.986. The molecule has 0 fully saturated rings. The van der Waals surface area contributed by atoms with E-state index in [2.05, 4.69) is 31.4 Å². The number of nitrogens with one attached hydrogen (secondary N) is 2. The second-order valence-corrected chi connectivity index (χ2v) is 4.72. The Hall–Kier alpha value is -1.82. The molecule has 0 radical (unpaired) electrons. The fourth-order valence-corrected chi connectivity index (χ4v) is 2.05. The molecule has 0 spiro atoms. The first-order valence-corrected chi connectivity index (χ1v) is 6.29. The second kappa shape index (κ2) is 5.22. The van der Waals surface area contributed by atoms with Crippen molar-refractivity contribution in [2.45, 2.75) is 13.3 Å². The molecule has 1 amide bonds. The van der Waals surface area contributed by atoms with Gasteiger partial charge in [0, 0.05) is 10.2 Å². The van der Waals surface area contributed by atoms with Crippen molar-refractivity contribution in [2.24, 2.45) is 0 Å². The SMILES string of the molecule is CCc1cc(Br)ccc1NC(=O)c1cn[nH]c1N. The number of amides is 1. The number of nitrogens with zero attached hydrogens (tertiary/aromatic N) is 1. The van der Waals surface area contributed by atoms with E-state index in [0.29, 0.717) is 5.56 Å². The van der Waals surface area contributed by atoms with Gasteiger partial charge in [-0.25, -0.2) is 0 Å². The summed E-state index contributed by atoms with van der Waals surface area (Å²) in [5.74, 6) is 0.000864. The Morgan fingerprint density at radius 2 is 2.33 bits per heavy atom. The van der Waals surface area contributed by atoms with Crippen LogP contribution in [-0.4, -0.2) is 16.1 Å². The number of aromatic amines is 1. The maximum Gasteiger partial charge on any atom is 0.261 e. The van der Waals surface area contributed by atoms with Crippen LogP contribution in [0.5, 0.6) is 0 Å². The van der Waals surface area contributed by atoms with Crippen LogP contribution in [0.2, 0.25) is 0 Å². The van der Waals surface area contributed by atoms with Gasteiger partial charge in [0.05, 0.1) is 6.20 Å². The number of aryl methyl sites for hydroxylation is 1. The van der Waals surface area contributed by atoms with Gasteiger partial charge in [-0.15, -0.1) is 0 Å². The predicted octanol–water partition coefficient (Wildman–Crippen LogP) is 2.57. The van der Waals surface area contributed by atoms with Crippen LogP contribution in [0.4, 0.5) is 11.5 Å². The van der Waals surface area contributed by atoms with E-state index in [9.17, 15) is 4.79 Å². The van der Waals surface area contributed by atoms with Gasteiger partial charge in [-0.1, -0.05) is 22.9 Å². The molecule has 1 aromatic carbocycles. The molecule has 0 aliphatic carbocycles. The van der Waals surface area contributed by atoms with Gasteiger partial charge in [0.1, 0.15) is 11.4 Å². The monoisotopic (exact) mass is 308 g/mol. The van der Waals surface area contributed by atoms with E-state index < -0.39 is 0 Å². The molecule has 2 rings (SSSR count). The van der Waals surface area contributed by atoms with Gasteiger partial charge in [-0.2, -0.15) is 5.10 Å². The van der Waals surface area contributed by atoms with E-state index in [0.717, 1.165) is 22.1 Å². The highest BCUT2D eigenvalue weighted by molar-refractivity contribution is 9.10. The molecule has 0 aliphatic rings. The van der Waals surface area contributed by atoms with Crippen LogP contribution >= 0.6 is 15.9 Å². The Labute approximate surface area is 113 Å². The van der Waals surface area contributed by atoms with Crippen molar-refractivity contribution < 1.29 is 4.79 Å². The standard InChI is InChI=1S/C12H13BrN4O/c1-2-7-5-8(13)3-4-10(7)16-12(18)9-6-15-17-11(9)14/h3-6H,2H2,1H3,(H,16,18)(H3,14,15,17). The molecule has 1 heterocycles. The molecular formula is C12H13BrN4O. The first-order valence-electron chi connectivity index (χ1n) is 5.50. The summed E-state index contributed by atoms with van der Waals surface area (Å²) in [6.07, 6.45) is 2.24. The van der Waals surface area contributed by atoms with Gasteiger partial charge in [0.15, 0.2) is 0 Å². The zero-order valence-corrected chi connectivity index (χ0v) is 11.4. The van der Waals surface area contributed by atoms with Crippen LogP contribution in [0.1, 0.15) is 22.8 Å². The van der Waals surface area contributed by atoms with Gasteiger partial charge in [0.2, 0.25) is 0 Å². The summed E-state index contributed by atoms with van der Waals surface area (Å²) >= 11 is 3.41. The van der Waals surface area contributed by atoms with Crippen LogP contribution in [0, 0.1) is 0 Å². The lowest BCUT2D eigenvalue weighted by Gasteiger charge is -2.09. The Kier molecular flexibility index (Phi) is 3.66. The number of hydrogen-bond donors (Lipinski definition) is 3. The van der Waals surface area contributed by atoms with Crippen molar-refractivity contribution in [1.82, 2.24) is 10.2 Å². The lowest BCUT2D eigenvalue weighted by Crippen LogP contribution is -2.14. The quantitative estimate of drug-likeness (QED) is 0.815. The molecule has 0 unspecified atom stereocenters. The molecule has 0 aliphatic heterocycles. The van der Waals surface area contributed by atoms with E-state index >= 15 is 0 Å². The second-order valence-electron chi connectivity index (χ2n) is 3.81. The first kappa shape index (κ1) is 12.6. The Morgan fingerprint density at radius 3 is 2.94 bits per heavy atom.